The normalized spacial score (nSPS) is 12.9. The first-order chi connectivity index (χ1) is 5.72. The molecule has 0 aliphatic heterocycles. The number of halogens is 2. The van der Waals surface area contributed by atoms with Crippen molar-refractivity contribution in [1.29, 1.82) is 0 Å². The monoisotopic (exact) mass is 203 g/mol. The molecule has 0 aliphatic carbocycles. The Labute approximate surface area is 82.7 Å². The first kappa shape index (κ1) is 9.82. The van der Waals surface area contributed by atoms with Gasteiger partial charge in [-0.25, -0.2) is 0 Å². The summed E-state index contributed by atoms with van der Waals surface area (Å²) in [5.74, 6) is 0. The number of alkyl halides is 1. The highest BCUT2D eigenvalue weighted by molar-refractivity contribution is 6.30. The Morgan fingerprint density at radius 3 is 2.75 bits per heavy atom. The van der Waals surface area contributed by atoms with Crippen LogP contribution in [-0.2, 0) is 6.42 Å². The fraction of sp³-hybridized carbons (Fsp3) is 0.444. The summed E-state index contributed by atoms with van der Waals surface area (Å²) in [7, 11) is 0. The van der Waals surface area contributed by atoms with Crippen molar-refractivity contribution in [2.24, 2.45) is 0 Å². The fourth-order valence-electron chi connectivity index (χ4n) is 0.898. The molecule has 12 heavy (non-hydrogen) atoms. The second-order valence-electron chi connectivity index (χ2n) is 2.68. The summed E-state index contributed by atoms with van der Waals surface area (Å²) >= 11 is 11.7. The quantitative estimate of drug-likeness (QED) is 0.688. The Morgan fingerprint density at radius 2 is 2.25 bits per heavy atom. The molecular weight excluding hydrogens is 193 g/mol. The van der Waals surface area contributed by atoms with E-state index < -0.39 is 0 Å². The van der Waals surface area contributed by atoms with E-state index in [0.717, 1.165) is 18.5 Å². The van der Waals surface area contributed by atoms with Crippen LogP contribution in [0.25, 0.3) is 0 Å². The van der Waals surface area contributed by atoms with Crippen LogP contribution in [0.4, 0.5) is 0 Å². The van der Waals surface area contributed by atoms with Gasteiger partial charge < -0.3 is 0 Å². The van der Waals surface area contributed by atoms with Crippen molar-refractivity contribution in [3.63, 3.8) is 0 Å². The van der Waals surface area contributed by atoms with Gasteiger partial charge in [-0.2, -0.15) is 0 Å². The molecule has 0 aliphatic rings. The molecule has 0 N–H and O–H groups in total. The maximum Gasteiger partial charge on any atom is 0.0589 e. The maximum atomic E-state index is 5.97. The molecule has 0 amide bonds. The minimum atomic E-state index is 0.179. The minimum absolute atomic E-state index is 0.179. The van der Waals surface area contributed by atoms with Crippen LogP contribution in [0, 0.1) is 0 Å². The van der Waals surface area contributed by atoms with Gasteiger partial charge in [0.25, 0.3) is 0 Å². The van der Waals surface area contributed by atoms with Gasteiger partial charge in [-0.15, -0.1) is 11.6 Å². The Bertz CT molecular complexity index is 233. The van der Waals surface area contributed by atoms with Crippen molar-refractivity contribution in [2.75, 3.05) is 0 Å². The molecule has 1 nitrogen and oxygen atoms in total. The topological polar surface area (TPSA) is 12.9 Å². The average Bonchev–Trinajstić information content (AvgIpc) is 2.09. The molecule has 1 aromatic rings. The molecule has 66 valence electrons. The Kier molecular flexibility index (Phi) is 3.83. The van der Waals surface area contributed by atoms with Crippen LogP contribution in [0.3, 0.4) is 0 Å². The van der Waals surface area contributed by atoms with Gasteiger partial charge >= 0.3 is 0 Å². The molecule has 0 aromatic carbocycles. The van der Waals surface area contributed by atoms with Crippen LogP contribution < -0.4 is 0 Å². The van der Waals surface area contributed by atoms with Crippen molar-refractivity contribution in [1.82, 2.24) is 4.98 Å². The third-order valence-corrected chi connectivity index (χ3v) is 2.35. The highest BCUT2D eigenvalue weighted by Crippen LogP contribution is 2.11. The smallest absolute Gasteiger partial charge is 0.0589 e. The first-order valence-electron chi connectivity index (χ1n) is 3.97. The van der Waals surface area contributed by atoms with Gasteiger partial charge in [0.1, 0.15) is 0 Å². The second-order valence-corrected chi connectivity index (χ2v) is 3.73. The highest BCUT2D eigenvalue weighted by atomic mass is 35.5. The maximum absolute atomic E-state index is 5.97. The van der Waals surface area contributed by atoms with E-state index in [-0.39, 0.29) is 5.38 Å². The van der Waals surface area contributed by atoms with E-state index in [4.69, 9.17) is 23.2 Å². The van der Waals surface area contributed by atoms with E-state index >= 15 is 0 Å². The van der Waals surface area contributed by atoms with E-state index in [1.807, 2.05) is 12.1 Å². The average molecular weight is 204 g/mol. The van der Waals surface area contributed by atoms with E-state index in [9.17, 15) is 0 Å². The predicted octanol–water partition coefficient (Wildman–Crippen LogP) is 3.29. The van der Waals surface area contributed by atoms with E-state index in [0.29, 0.717) is 5.02 Å². The molecular formula is C9H11Cl2N. The minimum Gasteiger partial charge on any atom is -0.260 e. The molecule has 1 rings (SSSR count). The lowest BCUT2D eigenvalue weighted by atomic mass is 10.2. The van der Waals surface area contributed by atoms with Gasteiger partial charge in [0.2, 0.25) is 0 Å². The van der Waals surface area contributed by atoms with Gasteiger partial charge in [-0.1, -0.05) is 18.5 Å². The standard InChI is InChI=1S/C9H11Cl2N/c1-2-7(10)5-9-4-3-8(11)6-12-9/h3-4,6-7H,2,5H2,1H3. The number of rotatable bonds is 3. The van der Waals surface area contributed by atoms with Crippen molar-refractivity contribution in [3.05, 3.63) is 29.0 Å². The zero-order chi connectivity index (χ0) is 8.97. The van der Waals surface area contributed by atoms with Gasteiger partial charge in [-0.05, 0) is 18.6 Å². The van der Waals surface area contributed by atoms with Gasteiger partial charge in [0.15, 0.2) is 0 Å². The number of hydrogen-bond donors (Lipinski definition) is 0. The third kappa shape index (κ3) is 3.00. The van der Waals surface area contributed by atoms with Gasteiger partial charge in [-0.3, -0.25) is 4.98 Å². The SMILES string of the molecule is CCC(Cl)Cc1ccc(Cl)cn1. The zero-order valence-electron chi connectivity index (χ0n) is 6.93. The number of hydrogen-bond acceptors (Lipinski definition) is 1. The molecule has 3 heteroatoms. The molecule has 1 heterocycles. The third-order valence-electron chi connectivity index (χ3n) is 1.66. The number of pyridine rings is 1. The lowest BCUT2D eigenvalue weighted by Gasteiger charge is -2.04. The first-order valence-corrected chi connectivity index (χ1v) is 4.78. The summed E-state index contributed by atoms with van der Waals surface area (Å²) < 4.78 is 0. The van der Waals surface area contributed by atoms with Crippen molar-refractivity contribution in [2.45, 2.75) is 25.1 Å². The Hall–Kier alpha value is -0.270. The summed E-state index contributed by atoms with van der Waals surface area (Å²) in [6.45, 7) is 2.06. The molecule has 0 spiro atoms. The molecule has 0 saturated carbocycles. The molecule has 1 aromatic heterocycles. The lowest BCUT2D eigenvalue weighted by molar-refractivity contribution is 0.786. The van der Waals surface area contributed by atoms with Crippen LogP contribution in [-0.4, -0.2) is 10.4 Å². The van der Waals surface area contributed by atoms with Crippen molar-refractivity contribution >= 4 is 23.2 Å². The van der Waals surface area contributed by atoms with Crippen molar-refractivity contribution in [3.8, 4) is 0 Å². The van der Waals surface area contributed by atoms with E-state index in [2.05, 4.69) is 11.9 Å². The molecule has 0 bridgehead atoms. The molecule has 0 fully saturated rings. The number of aromatic nitrogens is 1. The predicted molar refractivity (Wildman–Crippen MR) is 52.9 cm³/mol. The van der Waals surface area contributed by atoms with Crippen LogP contribution >= 0.6 is 23.2 Å². The number of nitrogens with zero attached hydrogens (tertiary/aromatic N) is 1. The summed E-state index contributed by atoms with van der Waals surface area (Å²) in [5.41, 5.74) is 1.00. The molecule has 0 radical (unpaired) electrons. The Balaban J connectivity index is 2.58. The molecule has 1 unspecified atom stereocenters. The van der Waals surface area contributed by atoms with E-state index in [1.54, 1.807) is 6.20 Å². The van der Waals surface area contributed by atoms with Gasteiger partial charge in [0, 0.05) is 23.7 Å². The van der Waals surface area contributed by atoms with E-state index in [1.165, 1.54) is 0 Å². The lowest BCUT2D eigenvalue weighted by Crippen LogP contribution is -2.02. The van der Waals surface area contributed by atoms with Crippen LogP contribution in [0.2, 0.25) is 5.02 Å². The highest BCUT2D eigenvalue weighted by Gasteiger charge is 2.03. The summed E-state index contributed by atoms with van der Waals surface area (Å²) in [4.78, 5) is 4.15. The Morgan fingerprint density at radius 1 is 1.50 bits per heavy atom. The van der Waals surface area contributed by atoms with Crippen LogP contribution in [0.15, 0.2) is 18.3 Å². The summed E-state index contributed by atoms with van der Waals surface area (Å²) in [5, 5.41) is 0.847. The van der Waals surface area contributed by atoms with Crippen molar-refractivity contribution < 1.29 is 0 Å². The molecule has 1 atom stereocenters. The van der Waals surface area contributed by atoms with Gasteiger partial charge in [0.05, 0.1) is 5.02 Å². The fourth-order valence-corrected chi connectivity index (χ4v) is 1.17. The summed E-state index contributed by atoms with van der Waals surface area (Å²) in [6, 6.07) is 3.75. The molecule has 0 saturated heterocycles. The van der Waals surface area contributed by atoms with Crippen LogP contribution in [0.1, 0.15) is 19.0 Å². The largest absolute Gasteiger partial charge is 0.260 e. The van der Waals surface area contributed by atoms with Crippen LogP contribution in [0.5, 0.6) is 0 Å². The zero-order valence-corrected chi connectivity index (χ0v) is 8.44. The summed E-state index contributed by atoms with van der Waals surface area (Å²) in [6.07, 6.45) is 3.43. The second kappa shape index (κ2) is 4.68.